The molecule has 0 aliphatic carbocycles. The number of anilines is 1. The highest BCUT2D eigenvalue weighted by atomic mass is 35.5. The molecule has 0 fully saturated rings. The van der Waals surface area contributed by atoms with Gasteiger partial charge < -0.3 is 10.6 Å². The molecule has 22 heavy (non-hydrogen) atoms. The molecule has 2 N–H and O–H groups in total. The van der Waals surface area contributed by atoms with Crippen LogP contribution in [0.1, 0.15) is 16.7 Å². The fraction of sp³-hybridized carbons (Fsp3) is 0.118. The molecule has 0 saturated heterocycles. The maximum Gasteiger partial charge on any atom is 0.323 e. The first-order chi connectivity index (χ1) is 10.5. The number of urea groups is 1. The van der Waals surface area contributed by atoms with Crippen molar-refractivity contribution in [3.63, 3.8) is 0 Å². The number of halogens is 2. The summed E-state index contributed by atoms with van der Waals surface area (Å²) in [7, 11) is 0. The minimum atomic E-state index is -0.415. The largest absolute Gasteiger partial charge is 0.323 e. The van der Waals surface area contributed by atoms with Crippen molar-refractivity contribution < 1.29 is 9.18 Å². The van der Waals surface area contributed by atoms with E-state index in [0.29, 0.717) is 16.3 Å². The number of nitrogens with one attached hydrogen (secondary N) is 2. The van der Waals surface area contributed by atoms with Crippen LogP contribution >= 0.6 is 11.6 Å². The molecule has 0 aliphatic heterocycles. The normalized spacial score (nSPS) is 10.7. The average molecular weight is 319 g/mol. The smallest absolute Gasteiger partial charge is 0.314 e. The second kappa shape index (κ2) is 7.09. The quantitative estimate of drug-likeness (QED) is 0.831. The third kappa shape index (κ3) is 4.33. The van der Waals surface area contributed by atoms with Crippen molar-refractivity contribution in [1.82, 2.24) is 5.32 Å². The van der Waals surface area contributed by atoms with Crippen LogP contribution in [0.2, 0.25) is 5.02 Å². The lowest BCUT2D eigenvalue weighted by molar-refractivity contribution is 0.255. The maximum atomic E-state index is 13.0. The fourth-order valence-corrected chi connectivity index (χ4v) is 2.42. The van der Waals surface area contributed by atoms with E-state index in [0.717, 1.165) is 11.1 Å². The van der Waals surface area contributed by atoms with Gasteiger partial charge in [-0.15, -0.1) is 0 Å². The van der Waals surface area contributed by atoms with Gasteiger partial charge in [0.05, 0.1) is 10.7 Å². The Balaban J connectivity index is 1.99. The molecule has 3 nitrogen and oxygen atoms in total. The number of benzene rings is 2. The van der Waals surface area contributed by atoms with E-state index in [9.17, 15) is 9.18 Å². The Bertz CT molecular complexity index is 705. The fourth-order valence-electron chi connectivity index (χ4n) is 2.05. The summed E-state index contributed by atoms with van der Waals surface area (Å²) >= 11 is 6.12. The van der Waals surface area contributed by atoms with Gasteiger partial charge >= 0.3 is 6.03 Å². The molecule has 0 aliphatic rings. The van der Waals surface area contributed by atoms with Gasteiger partial charge in [-0.3, -0.25) is 0 Å². The van der Waals surface area contributed by atoms with Gasteiger partial charge in [0.15, 0.2) is 0 Å². The van der Waals surface area contributed by atoms with Crippen molar-refractivity contribution in [3.8, 4) is 0 Å². The molecule has 0 aromatic heterocycles. The van der Waals surface area contributed by atoms with Crippen LogP contribution in [0, 0.1) is 19.7 Å². The van der Waals surface area contributed by atoms with Crippen molar-refractivity contribution >= 4 is 29.4 Å². The Hall–Kier alpha value is -2.33. The molecule has 2 aromatic rings. The molecular weight excluding hydrogens is 303 g/mol. The summed E-state index contributed by atoms with van der Waals surface area (Å²) in [5.41, 5.74) is 3.14. The lowest BCUT2D eigenvalue weighted by Crippen LogP contribution is -2.24. The standard InChI is InChI=1S/C17H16ClFN2O/c1-11-8-12(2)16(15(18)9-11)21-17(22)20-7-6-13-4-3-5-14(19)10-13/h3-10H,1-2H3,(H2,20,21,22)/b7-6+. The SMILES string of the molecule is Cc1cc(C)c(NC(=O)N/C=C/c2cccc(F)c2)c(Cl)c1. The van der Waals surface area contributed by atoms with Gasteiger partial charge in [0.1, 0.15) is 5.82 Å². The van der Waals surface area contributed by atoms with E-state index in [2.05, 4.69) is 10.6 Å². The number of aryl methyl sites for hydroxylation is 2. The predicted molar refractivity (Wildman–Crippen MR) is 88.5 cm³/mol. The summed E-state index contributed by atoms with van der Waals surface area (Å²) in [5, 5.41) is 5.74. The molecule has 0 bridgehead atoms. The lowest BCUT2D eigenvalue weighted by Gasteiger charge is -2.11. The highest BCUT2D eigenvalue weighted by Crippen LogP contribution is 2.27. The predicted octanol–water partition coefficient (Wildman–Crippen LogP) is 4.89. The first-order valence-corrected chi connectivity index (χ1v) is 7.10. The van der Waals surface area contributed by atoms with Crippen LogP contribution in [0.3, 0.4) is 0 Å². The van der Waals surface area contributed by atoms with Gasteiger partial charge in [0.25, 0.3) is 0 Å². The van der Waals surface area contributed by atoms with Crippen molar-refractivity contribution in [2.75, 3.05) is 5.32 Å². The van der Waals surface area contributed by atoms with Crippen LogP contribution in [0.15, 0.2) is 42.6 Å². The molecule has 2 aromatic carbocycles. The molecule has 0 heterocycles. The first kappa shape index (κ1) is 16.0. The summed E-state index contributed by atoms with van der Waals surface area (Å²) in [6, 6.07) is 9.37. The van der Waals surface area contributed by atoms with E-state index in [1.165, 1.54) is 18.3 Å². The van der Waals surface area contributed by atoms with Crippen molar-refractivity contribution in [3.05, 3.63) is 70.1 Å². The van der Waals surface area contributed by atoms with Crippen LogP contribution in [-0.2, 0) is 0 Å². The van der Waals surface area contributed by atoms with Crippen LogP contribution < -0.4 is 10.6 Å². The van der Waals surface area contributed by atoms with E-state index in [4.69, 9.17) is 11.6 Å². The maximum absolute atomic E-state index is 13.0. The summed E-state index contributed by atoms with van der Waals surface area (Å²) in [4.78, 5) is 11.9. The molecular formula is C17H16ClFN2O. The van der Waals surface area contributed by atoms with Gasteiger partial charge in [-0.25, -0.2) is 9.18 Å². The Kier molecular flexibility index (Phi) is 5.17. The van der Waals surface area contributed by atoms with E-state index in [1.54, 1.807) is 24.3 Å². The molecule has 2 rings (SSSR count). The number of rotatable bonds is 3. The third-order valence-corrected chi connectivity index (χ3v) is 3.31. The second-order valence-electron chi connectivity index (χ2n) is 4.93. The molecule has 0 atom stereocenters. The van der Waals surface area contributed by atoms with Crippen LogP contribution in [0.5, 0.6) is 0 Å². The van der Waals surface area contributed by atoms with Crippen LogP contribution in [0.25, 0.3) is 6.08 Å². The molecule has 2 amide bonds. The summed E-state index contributed by atoms with van der Waals surface area (Å²) in [5.74, 6) is -0.325. The van der Waals surface area contributed by atoms with Gasteiger partial charge in [-0.1, -0.05) is 29.8 Å². The van der Waals surface area contributed by atoms with E-state index >= 15 is 0 Å². The molecule has 114 valence electrons. The minimum Gasteiger partial charge on any atom is -0.314 e. The molecule has 0 saturated carbocycles. The Morgan fingerprint density at radius 2 is 2.00 bits per heavy atom. The number of hydrogen-bond acceptors (Lipinski definition) is 1. The number of carbonyl (C=O) groups excluding carboxylic acids is 1. The van der Waals surface area contributed by atoms with E-state index < -0.39 is 6.03 Å². The Morgan fingerprint density at radius 3 is 2.68 bits per heavy atom. The monoisotopic (exact) mass is 318 g/mol. The summed E-state index contributed by atoms with van der Waals surface area (Å²) in [6.07, 6.45) is 3.05. The topological polar surface area (TPSA) is 41.1 Å². The van der Waals surface area contributed by atoms with Gasteiger partial charge in [-0.2, -0.15) is 0 Å². The zero-order valence-electron chi connectivity index (χ0n) is 12.3. The number of carbonyl (C=O) groups is 1. The van der Waals surface area contributed by atoms with Crippen molar-refractivity contribution in [1.29, 1.82) is 0 Å². The number of hydrogen-bond donors (Lipinski definition) is 2. The zero-order chi connectivity index (χ0) is 16.1. The summed E-state index contributed by atoms with van der Waals surface area (Å²) < 4.78 is 13.0. The third-order valence-electron chi connectivity index (χ3n) is 3.01. The van der Waals surface area contributed by atoms with Crippen LogP contribution in [0.4, 0.5) is 14.9 Å². The van der Waals surface area contributed by atoms with Crippen molar-refractivity contribution in [2.45, 2.75) is 13.8 Å². The van der Waals surface area contributed by atoms with E-state index in [-0.39, 0.29) is 5.82 Å². The Labute approximate surface area is 133 Å². The minimum absolute atomic E-state index is 0.325. The molecule has 0 radical (unpaired) electrons. The summed E-state index contributed by atoms with van der Waals surface area (Å²) in [6.45, 7) is 3.81. The van der Waals surface area contributed by atoms with Gasteiger partial charge in [0, 0.05) is 6.20 Å². The highest BCUT2D eigenvalue weighted by molar-refractivity contribution is 6.34. The highest BCUT2D eigenvalue weighted by Gasteiger charge is 2.08. The molecule has 5 heteroatoms. The van der Waals surface area contributed by atoms with Crippen LogP contribution in [-0.4, -0.2) is 6.03 Å². The Morgan fingerprint density at radius 1 is 1.23 bits per heavy atom. The lowest BCUT2D eigenvalue weighted by atomic mass is 10.1. The molecule has 0 unspecified atom stereocenters. The van der Waals surface area contributed by atoms with Crippen molar-refractivity contribution in [2.24, 2.45) is 0 Å². The molecule has 0 spiro atoms. The first-order valence-electron chi connectivity index (χ1n) is 6.72. The average Bonchev–Trinajstić information content (AvgIpc) is 2.43. The second-order valence-corrected chi connectivity index (χ2v) is 5.33. The van der Waals surface area contributed by atoms with Gasteiger partial charge in [0.2, 0.25) is 0 Å². The number of amides is 2. The zero-order valence-corrected chi connectivity index (χ0v) is 13.0. The van der Waals surface area contributed by atoms with E-state index in [1.807, 2.05) is 19.9 Å². The van der Waals surface area contributed by atoms with Gasteiger partial charge in [-0.05, 0) is 54.8 Å².